The molecule has 0 aliphatic heterocycles. The first-order valence-electron chi connectivity index (χ1n) is 6.68. The lowest BCUT2D eigenvalue weighted by atomic mass is 10.2. The van der Waals surface area contributed by atoms with Crippen LogP contribution < -0.4 is 5.32 Å². The van der Waals surface area contributed by atoms with Crippen LogP contribution in [0.15, 0.2) is 17.5 Å². The van der Waals surface area contributed by atoms with E-state index in [-0.39, 0.29) is 6.04 Å². The zero-order valence-electron chi connectivity index (χ0n) is 11.7. The first kappa shape index (κ1) is 14.1. The Morgan fingerprint density at radius 3 is 2.89 bits per heavy atom. The lowest BCUT2D eigenvalue weighted by Gasteiger charge is -2.14. The molecule has 1 N–H and O–H groups in total. The molecule has 0 aliphatic rings. The summed E-state index contributed by atoms with van der Waals surface area (Å²) < 4.78 is 1.90. The monoisotopic (exact) mass is 279 g/mol. The van der Waals surface area contributed by atoms with E-state index in [4.69, 9.17) is 0 Å². The highest BCUT2D eigenvalue weighted by Gasteiger charge is 2.14. The van der Waals surface area contributed by atoms with E-state index in [9.17, 15) is 0 Å². The van der Waals surface area contributed by atoms with E-state index in [0.29, 0.717) is 5.92 Å². The van der Waals surface area contributed by atoms with Crippen molar-refractivity contribution in [1.82, 2.24) is 25.5 Å². The Kier molecular flexibility index (Phi) is 5.04. The first-order valence-corrected chi connectivity index (χ1v) is 7.56. The summed E-state index contributed by atoms with van der Waals surface area (Å²) >= 11 is 1.78. The summed E-state index contributed by atoms with van der Waals surface area (Å²) in [5.74, 6) is 1.54. The summed E-state index contributed by atoms with van der Waals surface area (Å²) in [4.78, 5) is 1.37. The van der Waals surface area contributed by atoms with Gasteiger partial charge in [-0.3, -0.25) is 0 Å². The molecule has 0 aliphatic carbocycles. The van der Waals surface area contributed by atoms with Crippen molar-refractivity contribution in [2.75, 3.05) is 6.54 Å². The number of nitrogens with one attached hydrogen (secondary N) is 1. The van der Waals surface area contributed by atoms with Crippen molar-refractivity contribution >= 4 is 11.3 Å². The van der Waals surface area contributed by atoms with E-state index in [1.54, 1.807) is 11.3 Å². The van der Waals surface area contributed by atoms with Gasteiger partial charge in [-0.1, -0.05) is 19.9 Å². The molecule has 6 heteroatoms. The second kappa shape index (κ2) is 6.77. The van der Waals surface area contributed by atoms with Crippen LogP contribution in [-0.4, -0.2) is 26.8 Å². The third-order valence-electron chi connectivity index (χ3n) is 2.93. The lowest BCUT2D eigenvalue weighted by Crippen LogP contribution is -2.26. The van der Waals surface area contributed by atoms with Gasteiger partial charge in [0.15, 0.2) is 5.82 Å². The van der Waals surface area contributed by atoms with Crippen LogP contribution in [0.4, 0.5) is 0 Å². The Bertz CT molecular complexity index is 477. The second-order valence-electron chi connectivity index (χ2n) is 5.11. The van der Waals surface area contributed by atoms with Crippen LogP contribution >= 0.6 is 11.3 Å². The van der Waals surface area contributed by atoms with Crippen molar-refractivity contribution in [3.8, 4) is 0 Å². The zero-order valence-corrected chi connectivity index (χ0v) is 12.5. The minimum atomic E-state index is 0.181. The van der Waals surface area contributed by atoms with Gasteiger partial charge in [-0.2, -0.15) is 0 Å². The molecular weight excluding hydrogens is 258 g/mol. The predicted molar refractivity (Wildman–Crippen MR) is 77.1 cm³/mol. The standard InChI is InChI=1S/C13H21N5S/c1-10(2)9-14-11(3)13-15-16-17-18(13)7-6-12-5-4-8-19-12/h4-5,8,10-11,14H,6-7,9H2,1-3H3. The topological polar surface area (TPSA) is 55.6 Å². The fourth-order valence-electron chi connectivity index (χ4n) is 1.86. The van der Waals surface area contributed by atoms with Gasteiger partial charge in [0.1, 0.15) is 0 Å². The molecule has 5 nitrogen and oxygen atoms in total. The van der Waals surface area contributed by atoms with Gasteiger partial charge in [0.2, 0.25) is 0 Å². The molecule has 2 rings (SSSR count). The normalized spacial score (nSPS) is 13.1. The average Bonchev–Trinajstić information content (AvgIpc) is 3.04. The molecule has 0 fully saturated rings. The number of aromatic nitrogens is 4. The SMILES string of the molecule is CC(C)CNC(C)c1nnnn1CCc1cccs1. The van der Waals surface area contributed by atoms with Gasteiger partial charge in [0.25, 0.3) is 0 Å². The lowest BCUT2D eigenvalue weighted by molar-refractivity contribution is 0.453. The van der Waals surface area contributed by atoms with Crippen molar-refractivity contribution in [2.24, 2.45) is 5.92 Å². The van der Waals surface area contributed by atoms with Gasteiger partial charge in [0.05, 0.1) is 6.04 Å². The Balaban J connectivity index is 1.93. The quantitative estimate of drug-likeness (QED) is 0.845. The number of hydrogen-bond acceptors (Lipinski definition) is 5. The van der Waals surface area contributed by atoms with Crippen LogP contribution in [0.5, 0.6) is 0 Å². The van der Waals surface area contributed by atoms with E-state index in [0.717, 1.165) is 25.3 Å². The minimum Gasteiger partial charge on any atom is -0.307 e. The summed E-state index contributed by atoms with van der Waals surface area (Å²) in [6.07, 6.45) is 0.979. The van der Waals surface area contributed by atoms with Gasteiger partial charge in [-0.15, -0.1) is 16.4 Å². The van der Waals surface area contributed by atoms with E-state index < -0.39 is 0 Å². The third kappa shape index (κ3) is 4.11. The summed E-state index contributed by atoms with van der Waals surface area (Å²) in [6, 6.07) is 4.41. The van der Waals surface area contributed by atoms with Gasteiger partial charge in [0, 0.05) is 17.8 Å². The molecule has 0 radical (unpaired) electrons. The van der Waals surface area contributed by atoms with Crippen LogP contribution in [0.1, 0.15) is 37.5 Å². The summed E-state index contributed by atoms with van der Waals surface area (Å²) in [5.41, 5.74) is 0. The first-order chi connectivity index (χ1) is 9.16. The summed E-state index contributed by atoms with van der Waals surface area (Å²) in [5, 5.41) is 17.6. The van der Waals surface area contributed by atoms with Crippen LogP contribution in [0.2, 0.25) is 0 Å². The highest BCUT2D eigenvalue weighted by Crippen LogP contribution is 2.12. The molecular formula is C13H21N5S. The molecule has 2 aromatic rings. The molecule has 19 heavy (non-hydrogen) atoms. The number of rotatable bonds is 7. The van der Waals surface area contributed by atoms with Gasteiger partial charge in [-0.05, 0) is 41.3 Å². The highest BCUT2D eigenvalue weighted by atomic mass is 32.1. The Hall–Kier alpha value is -1.27. The number of hydrogen-bond donors (Lipinski definition) is 1. The molecule has 0 spiro atoms. The maximum Gasteiger partial charge on any atom is 0.167 e. The van der Waals surface area contributed by atoms with Gasteiger partial charge >= 0.3 is 0 Å². The maximum atomic E-state index is 4.14. The van der Waals surface area contributed by atoms with Crippen molar-refractivity contribution in [3.63, 3.8) is 0 Å². The Labute approximate surface area is 118 Å². The van der Waals surface area contributed by atoms with Crippen molar-refractivity contribution in [1.29, 1.82) is 0 Å². The molecule has 0 saturated carbocycles. The second-order valence-corrected chi connectivity index (χ2v) is 6.15. The molecule has 2 aromatic heterocycles. The minimum absolute atomic E-state index is 0.181. The van der Waals surface area contributed by atoms with Crippen LogP contribution in [0.3, 0.4) is 0 Å². The Morgan fingerprint density at radius 1 is 1.37 bits per heavy atom. The number of thiophene rings is 1. The van der Waals surface area contributed by atoms with E-state index in [1.807, 2.05) is 4.68 Å². The summed E-state index contributed by atoms with van der Waals surface area (Å²) in [7, 11) is 0. The molecule has 1 unspecified atom stereocenters. The maximum absolute atomic E-state index is 4.14. The van der Waals surface area contributed by atoms with Crippen LogP contribution in [-0.2, 0) is 13.0 Å². The highest BCUT2D eigenvalue weighted by molar-refractivity contribution is 7.09. The van der Waals surface area contributed by atoms with Gasteiger partial charge in [-0.25, -0.2) is 4.68 Å². The number of aryl methyl sites for hydroxylation is 2. The Morgan fingerprint density at radius 2 is 2.21 bits per heavy atom. The van der Waals surface area contributed by atoms with Crippen LogP contribution in [0.25, 0.3) is 0 Å². The number of tetrazole rings is 1. The molecule has 0 bridgehead atoms. The van der Waals surface area contributed by atoms with Crippen molar-refractivity contribution in [3.05, 3.63) is 28.2 Å². The van der Waals surface area contributed by atoms with E-state index in [1.165, 1.54) is 4.88 Å². The van der Waals surface area contributed by atoms with Crippen LogP contribution in [0, 0.1) is 5.92 Å². The molecule has 2 heterocycles. The average molecular weight is 279 g/mol. The molecule has 0 amide bonds. The molecule has 1 atom stereocenters. The smallest absolute Gasteiger partial charge is 0.167 e. The largest absolute Gasteiger partial charge is 0.307 e. The fraction of sp³-hybridized carbons (Fsp3) is 0.615. The van der Waals surface area contributed by atoms with Crippen molar-refractivity contribution in [2.45, 2.75) is 39.8 Å². The fourth-order valence-corrected chi connectivity index (χ4v) is 2.55. The van der Waals surface area contributed by atoms with E-state index >= 15 is 0 Å². The van der Waals surface area contributed by atoms with E-state index in [2.05, 4.69) is 59.1 Å². The summed E-state index contributed by atoms with van der Waals surface area (Å²) in [6.45, 7) is 8.30. The van der Waals surface area contributed by atoms with Crippen molar-refractivity contribution < 1.29 is 0 Å². The molecule has 0 aromatic carbocycles. The number of nitrogens with zero attached hydrogens (tertiary/aromatic N) is 4. The van der Waals surface area contributed by atoms with Gasteiger partial charge < -0.3 is 5.32 Å². The predicted octanol–water partition coefficient (Wildman–Crippen LogP) is 2.28. The third-order valence-corrected chi connectivity index (χ3v) is 3.87. The molecule has 0 saturated heterocycles. The zero-order chi connectivity index (χ0) is 13.7. The molecule has 104 valence electrons.